The Morgan fingerprint density at radius 3 is 2.81 bits per heavy atom. The molecule has 0 amide bonds. The van der Waals surface area contributed by atoms with Crippen LogP contribution in [0.5, 0.6) is 0 Å². The van der Waals surface area contributed by atoms with Crippen molar-refractivity contribution in [3.8, 4) is 5.69 Å². The zero-order valence-corrected chi connectivity index (χ0v) is 15.6. The monoisotopic (exact) mass is 380 g/mol. The highest BCUT2D eigenvalue weighted by atomic mass is 35.5. The van der Waals surface area contributed by atoms with Gasteiger partial charge in [0.2, 0.25) is 5.65 Å². The van der Waals surface area contributed by atoms with Gasteiger partial charge in [-0.25, -0.2) is 9.97 Å². The quantitative estimate of drug-likeness (QED) is 0.544. The van der Waals surface area contributed by atoms with Gasteiger partial charge in [0.1, 0.15) is 5.82 Å². The predicted octanol–water partition coefficient (Wildman–Crippen LogP) is 2.95. The molecule has 8 nitrogen and oxygen atoms in total. The van der Waals surface area contributed by atoms with E-state index >= 15 is 0 Å². The molecule has 1 fully saturated rings. The van der Waals surface area contributed by atoms with Crippen LogP contribution in [0.1, 0.15) is 25.7 Å². The van der Waals surface area contributed by atoms with Gasteiger partial charge in [0.25, 0.3) is 0 Å². The molecule has 0 bridgehead atoms. The standard InChI is InChI=1S/C18H17ClN8/c1-18(2)11-26(16-17-22-23-24-27(17)9-7-21-16)14(18)15-20-6-8-25(15)13-5-3-4-12(19)10-13/h3-10,14H,11H2,1-2H3. The van der Waals surface area contributed by atoms with Gasteiger partial charge >= 0.3 is 0 Å². The van der Waals surface area contributed by atoms with Crippen molar-refractivity contribution in [1.82, 2.24) is 34.6 Å². The lowest BCUT2D eigenvalue weighted by molar-refractivity contribution is 0.169. The fourth-order valence-corrected chi connectivity index (χ4v) is 4.03. The highest BCUT2D eigenvalue weighted by molar-refractivity contribution is 6.30. The lowest BCUT2D eigenvalue weighted by Gasteiger charge is -2.54. The van der Waals surface area contributed by atoms with E-state index in [9.17, 15) is 0 Å². The Morgan fingerprint density at radius 2 is 2.00 bits per heavy atom. The average Bonchev–Trinajstić information content (AvgIpc) is 3.29. The molecule has 0 radical (unpaired) electrons. The SMILES string of the molecule is CC1(C)CN(c2nccn3nnnc23)C1c1nccn1-c1cccc(Cl)c1. The molecule has 4 heterocycles. The molecule has 5 rings (SSSR count). The number of fused-ring (bicyclic) bond motifs is 1. The smallest absolute Gasteiger partial charge is 0.222 e. The van der Waals surface area contributed by atoms with Crippen LogP contribution in [0.15, 0.2) is 49.1 Å². The Bertz CT molecular complexity index is 1130. The molecule has 27 heavy (non-hydrogen) atoms. The van der Waals surface area contributed by atoms with Crippen LogP contribution >= 0.6 is 11.6 Å². The average molecular weight is 381 g/mol. The summed E-state index contributed by atoms with van der Waals surface area (Å²) in [6, 6.07) is 7.79. The molecule has 9 heteroatoms. The van der Waals surface area contributed by atoms with E-state index in [1.165, 1.54) is 0 Å². The largest absolute Gasteiger partial charge is 0.342 e. The molecule has 0 spiro atoms. The van der Waals surface area contributed by atoms with Gasteiger partial charge in [-0.05, 0) is 28.6 Å². The van der Waals surface area contributed by atoms with E-state index in [0.717, 1.165) is 23.9 Å². The maximum atomic E-state index is 6.20. The number of aromatic nitrogens is 7. The number of anilines is 1. The van der Waals surface area contributed by atoms with Gasteiger partial charge in [-0.1, -0.05) is 31.5 Å². The summed E-state index contributed by atoms with van der Waals surface area (Å²) < 4.78 is 3.71. The van der Waals surface area contributed by atoms with Gasteiger partial charge in [-0.2, -0.15) is 4.52 Å². The van der Waals surface area contributed by atoms with E-state index < -0.39 is 0 Å². The summed E-state index contributed by atoms with van der Waals surface area (Å²) in [5.74, 6) is 1.69. The Kier molecular flexibility index (Phi) is 3.45. The number of rotatable bonds is 3. The summed E-state index contributed by atoms with van der Waals surface area (Å²) >= 11 is 6.20. The molecule has 136 valence electrons. The first kappa shape index (κ1) is 16.2. The van der Waals surface area contributed by atoms with Gasteiger partial charge < -0.3 is 9.47 Å². The molecule has 1 saturated heterocycles. The summed E-state index contributed by atoms with van der Waals surface area (Å²) in [5, 5.41) is 12.6. The molecular formula is C18H17ClN8. The van der Waals surface area contributed by atoms with Crippen LogP contribution in [0, 0.1) is 5.41 Å². The van der Waals surface area contributed by atoms with E-state index in [1.54, 1.807) is 16.9 Å². The van der Waals surface area contributed by atoms with Gasteiger partial charge in [0.15, 0.2) is 5.82 Å². The maximum absolute atomic E-state index is 6.20. The minimum Gasteiger partial charge on any atom is -0.342 e. The number of benzene rings is 1. The van der Waals surface area contributed by atoms with Crippen molar-refractivity contribution in [1.29, 1.82) is 0 Å². The van der Waals surface area contributed by atoms with Crippen LogP contribution in [0.2, 0.25) is 5.02 Å². The number of hydrogen-bond donors (Lipinski definition) is 0. The van der Waals surface area contributed by atoms with E-state index in [4.69, 9.17) is 11.6 Å². The van der Waals surface area contributed by atoms with Crippen molar-refractivity contribution < 1.29 is 0 Å². The normalized spacial score (nSPS) is 18.6. The summed E-state index contributed by atoms with van der Waals surface area (Å²) in [7, 11) is 0. The fourth-order valence-electron chi connectivity index (χ4n) is 3.84. The second-order valence-electron chi connectivity index (χ2n) is 7.35. The molecule has 1 aliphatic heterocycles. The van der Waals surface area contributed by atoms with Crippen molar-refractivity contribution in [3.05, 3.63) is 59.9 Å². The van der Waals surface area contributed by atoms with Crippen LogP contribution in [0.25, 0.3) is 11.3 Å². The first-order chi connectivity index (χ1) is 13.0. The molecule has 4 aromatic rings. The topological polar surface area (TPSA) is 77.0 Å². The second-order valence-corrected chi connectivity index (χ2v) is 7.79. The Hall–Kier alpha value is -3.00. The summed E-state index contributed by atoms with van der Waals surface area (Å²) in [6.07, 6.45) is 7.23. The molecule has 1 unspecified atom stereocenters. The molecule has 3 aromatic heterocycles. The summed E-state index contributed by atoms with van der Waals surface area (Å²) in [5.41, 5.74) is 1.63. The molecule has 0 aliphatic carbocycles. The Morgan fingerprint density at radius 1 is 1.15 bits per heavy atom. The van der Waals surface area contributed by atoms with Crippen molar-refractivity contribution in [2.75, 3.05) is 11.4 Å². The first-order valence-electron chi connectivity index (χ1n) is 8.63. The first-order valence-corrected chi connectivity index (χ1v) is 9.01. The van der Waals surface area contributed by atoms with Gasteiger partial charge in [-0.15, -0.1) is 5.10 Å². The number of tetrazole rings is 1. The molecule has 1 aromatic carbocycles. The van der Waals surface area contributed by atoms with Crippen molar-refractivity contribution in [3.63, 3.8) is 0 Å². The molecule has 1 aliphatic rings. The van der Waals surface area contributed by atoms with Gasteiger partial charge in [-0.3, -0.25) is 0 Å². The van der Waals surface area contributed by atoms with Gasteiger partial charge in [0.05, 0.1) is 12.2 Å². The van der Waals surface area contributed by atoms with E-state index in [0.29, 0.717) is 10.7 Å². The predicted molar refractivity (Wildman–Crippen MR) is 101 cm³/mol. The third-order valence-electron chi connectivity index (χ3n) is 5.00. The summed E-state index contributed by atoms with van der Waals surface area (Å²) in [4.78, 5) is 11.4. The lowest BCUT2D eigenvalue weighted by Crippen LogP contribution is -2.57. The minimum atomic E-state index is 0.0175. The molecule has 1 atom stereocenters. The van der Waals surface area contributed by atoms with E-state index in [1.807, 2.05) is 36.7 Å². The van der Waals surface area contributed by atoms with Crippen molar-refractivity contribution in [2.24, 2.45) is 5.41 Å². The zero-order chi connectivity index (χ0) is 18.6. The number of halogens is 1. The van der Waals surface area contributed by atoms with Crippen LogP contribution in [0.3, 0.4) is 0 Å². The van der Waals surface area contributed by atoms with Crippen LogP contribution in [-0.2, 0) is 0 Å². The highest BCUT2D eigenvalue weighted by Crippen LogP contribution is 2.50. The highest BCUT2D eigenvalue weighted by Gasteiger charge is 2.50. The second kappa shape index (κ2) is 5.75. The zero-order valence-electron chi connectivity index (χ0n) is 14.9. The molecule has 0 saturated carbocycles. The van der Waals surface area contributed by atoms with E-state index in [2.05, 4.69) is 48.8 Å². The number of hydrogen-bond acceptors (Lipinski definition) is 6. The maximum Gasteiger partial charge on any atom is 0.222 e. The molecule has 0 N–H and O–H groups in total. The van der Waals surface area contributed by atoms with E-state index in [-0.39, 0.29) is 11.5 Å². The van der Waals surface area contributed by atoms with Crippen LogP contribution < -0.4 is 4.90 Å². The Balaban J connectivity index is 1.62. The van der Waals surface area contributed by atoms with Crippen LogP contribution in [-0.4, -0.2) is 41.1 Å². The van der Waals surface area contributed by atoms with Gasteiger partial charge in [0, 0.05) is 41.3 Å². The van der Waals surface area contributed by atoms with Crippen molar-refractivity contribution in [2.45, 2.75) is 19.9 Å². The fraction of sp³-hybridized carbons (Fsp3) is 0.278. The lowest BCUT2D eigenvalue weighted by atomic mass is 9.74. The summed E-state index contributed by atoms with van der Waals surface area (Å²) in [6.45, 7) is 5.29. The third-order valence-corrected chi connectivity index (χ3v) is 5.23. The van der Waals surface area contributed by atoms with Crippen LogP contribution in [0.4, 0.5) is 5.82 Å². The number of nitrogens with zero attached hydrogens (tertiary/aromatic N) is 8. The Labute approximate surface area is 160 Å². The molecular weight excluding hydrogens is 364 g/mol. The third kappa shape index (κ3) is 2.48. The van der Waals surface area contributed by atoms with Crippen molar-refractivity contribution >= 4 is 23.1 Å². The number of imidazole rings is 1. The minimum absolute atomic E-state index is 0.0175.